The molecule has 0 aliphatic heterocycles. The summed E-state index contributed by atoms with van der Waals surface area (Å²) in [5, 5.41) is 0. The van der Waals surface area contributed by atoms with Gasteiger partial charge in [-0.2, -0.15) is 0 Å². The van der Waals surface area contributed by atoms with Crippen LogP contribution in [0.2, 0.25) is 0 Å². The molecular formula is C23H28O2S. The molecule has 2 aromatic rings. The molecule has 138 valence electrons. The largest absolute Gasteiger partial charge is 0.302 e. The summed E-state index contributed by atoms with van der Waals surface area (Å²) >= 11 is -1.92. The van der Waals surface area contributed by atoms with E-state index in [4.69, 9.17) is 4.55 Å². The number of hydrogen-bond donors (Lipinski definition) is 1. The van der Waals surface area contributed by atoms with Crippen LogP contribution >= 0.6 is 0 Å². The minimum absolute atomic E-state index is 0.202. The summed E-state index contributed by atoms with van der Waals surface area (Å²) in [6.07, 6.45) is 4.56. The summed E-state index contributed by atoms with van der Waals surface area (Å²) in [5.41, 5.74) is 6.85. The molecule has 0 aromatic heterocycles. The van der Waals surface area contributed by atoms with Crippen molar-refractivity contribution in [2.45, 2.75) is 63.2 Å². The first-order valence-electron chi connectivity index (χ1n) is 9.15. The van der Waals surface area contributed by atoms with Gasteiger partial charge in [0.25, 0.3) is 0 Å². The first-order valence-corrected chi connectivity index (χ1v) is 10.3. The number of hydrogen-bond acceptors (Lipinski definition) is 1. The van der Waals surface area contributed by atoms with Gasteiger partial charge in [-0.25, -0.2) is 4.21 Å². The molecule has 26 heavy (non-hydrogen) atoms. The van der Waals surface area contributed by atoms with Crippen molar-refractivity contribution in [3.8, 4) is 0 Å². The molecule has 3 heteroatoms. The summed E-state index contributed by atoms with van der Waals surface area (Å²) in [4.78, 5) is 0.428. The Morgan fingerprint density at radius 1 is 0.962 bits per heavy atom. The SMILES string of the molecule is C/C(=C/c1ccc(S(=O)O)cc1)c1ccc2c(c1)C(C)(C)CCC2(C)C. The van der Waals surface area contributed by atoms with E-state index in [0.29, 0.717) is 4.90 Å². The highest BCUT2D eigenvalue weighted by Crippen LogP contribution is 2.46. The Bertz CT molecular complexity index is 874. The van der Waals surface area contributed by atoms with E-state index in [2.05, 4.69) is 58.9 Å². The molecule has 0 radical (unpaired) electrons. The third-order valence-electron chi connectivity index (χ3n) is 5.77. The molecule has 1 atom stereocenters. The average molecular weight is 369 g/mol. The predicted molar refractivity (Wildman–Crippen MR) is 111 cm³/mol. The highest BCUT2D eigenvalue weighted by Gasteiger charge is 2.36. The Morgan fingerprint density at radius 3 is 2.12 bits per heavy atom. The average Bonchev–Trinajstić information content (AvgIpc) is 2.59. The number of rotatable bonds is 3. The second-order valence-corrected chi connectivity index (χ2v) is 9.64. The van der Waals surface area contributed by atoms with Gasteiger partial charge in [-0.15, -0.1) is 0 Å². The maximum Gasteiger partial charge on any atom is 0.186 e. The molecule has 1 aliphatic carbocycles. The van der Waals surface area contributed by atoms with E-state index in [9.17, 15) is 4.21 Å². The lowest BCUT2D eigenvalue weighted by Gasteiger charge is -2.42. The van der Waals surface area contributed by atoms with Crippen molar-refractivity contribution in [2.24, 2.45) is 0 Å². The standard InChI is InChI=1S/C23H28O2S/c1-16(14-17-6-9-19(10-7-17)26(24)25)18-8-11-20-21(15-18)23(4,5)13-12-22(20,2)3/h6-11,14-15H,12-13H2,1-5H3,(H,24,25)/b16-14-. The molecule has 0 amide bonds. The van der Waals surface area contributed by atoms with Gasteiger partial charge >= 0.3 is 0 Å². The fourth-order valence-electron chi connectivity index (χ4n) is 3.85. The van der Waals surface area contributed by atoms with Crippen LogP contribution in [0.3, 0.4) is 0 Å². The van der Waals surface area contributed by atoms with Crippen LogP contribution in [0.1, 0.15) is 69.7 Å². The number of allylic oxidation sites excluding steroid dienone is 1. The molecule has 0 heterocycles. The number of fused-ring (bicyclic) bond motifs is 1. The zero-order valence-corrected chi connectivity index (χ0v) is 17.1. The topological polar surface area (TPSA) is 37.3 Å². The van der Waals surface area contributed by atoms with Crippen LogP contribution in [0.5, 0.6) is 0 Å². The van der Waals surface area contributed by atoms with Crippen molar-refractivity contribution in [3.63, 3.8) is 0 Å². The smallest absolute Gasteiger partial charge is 0.186 e. The normalized spacial score (nSPS) is 19.7. The van der Waals surface area contributed by atoms with Gasteiger partial charge in [-0.1, -0.05) is 64.1 Å². The Hall–Kier alpha value is -1.71. The monoisotopic (exact) mass is 368 g/mol. The van der Waals surface area contributed by atoms with Crippen molar-refractivity contribution in [1.82, 2.24) is 0 Å². The van der Waals surface area contributed by atoms with E-state index in [0.717, 1.165) is 5.56 Å². The van der Waals surface area contributed by atoms with Crippen LogP contribution in [0, 0.1) is 0 Å². The van der Waals surface area contributed by atoms with E-state index in [-0.39, 0.29) is 10.8 Å². The second-order valence-electron chi connectivity index (χ2n) is 8.67. The lowest BCUT2D eigenvalue weighted by Crippen LogP contribution is -2.33. The molecule has 0 saturated heterocycles. The third-order valence-corrected chi connectivity index (χ3v) is 6.45. The van der Waals surface area contributed by atoms with Crippen LogP contribution in [0.15, 0.2) is 47.4 Å². The summed E-state index contributed by atoms with van der Waals surface area (Å²) in [6, 6.07) is 14.1. The first kappa shape index (κ1) is 19.1. The molecular weight excluding hydrogens is 340 g/mol. The molecule has 2 aromatic carbocycles. The van der Waals surface area contributed by atoms with Crippen molar-refractivity contribution >= 4 is 22.7 Å². The van der Waals surface area contributed by atoms with E-state index < -0.39 is 11.1 Å². The van der Waals surface area contributed by atoms with Gasteiger partial charge in [0.2, 0.25) is 0 Å². The zero-order chi connectivity index (χ0) is 19.1. The van der Waals surface area contributed by atoms with E-state index in [1.165, 1.54) is 35.1 Å². The molecule has 1 N–H and O–H groups in total. The van der Waals surface area contributed by atoms with Crippen LogP contribution < -0.4 is 0 Å². The highest BCUT2D eigenvalue weighted by molar-refractivity contribution is 7.79. The fourth-order valence-corrected chi connectivity index (χ4v) is 4.22. The maximum absolute atomic E-state index is 11.1. The molecule has 2 nitrogen and oxygen atoms in total. The predicted octanol–water partition coefficient (Wildman–Crippen LogP) is 6.18. The van der Waals surface area contributed by atoms with Crippen molar-refractivity contribution < 1.29 is 8.76 Å². The van der Waals surface area contributed by atoms with Crippen LogP contribution in [-0.2, 0) is 21.9 Å². The third kappa shape index (κ3) is 3.70. The Kier molecular flexibility index (Phi) is 4.98. The molecule has 1 unspecified atom stereocenters. The minimum Gasteiger partial charge on any atom is -0.302 e. The van der Waals surface area contributed by atoms with Gasteiger partial charge < -0.3 is 4.55 Å². The van der Waals surface area contributed by atoms with Gasteiger partial charge in [0.1, 0.15) is 0 Å². The first-order chi connectivity index (χ1) is 12.1. The minimum atomic E-state index is -1.92. The fraction of sp³-hybridized carbons (Fsp3) is 0.391. The van der Waals surface area contributed by atoms with Gasteiger partial charge in [0.05, 0.1) is 4.90 Å². The molecule has 0 fully saturated rings. The van der Waals surface area contributed by atoms with Crippen molar-refractivity contribution in [2.75, 3.05) is 0 Å². The summed E-state index contributed by atoms with van der Waals surface area (Å²) in [6.45, 7) is 11.5. The zero-order valence-electron chi connectivity index (χ0n) is 16.3. The lowest BCUT2D eigenvalue weighted by atomic mass is 9.63. The summed E-state index contributed by atoms with van der Waals surface area (Å²) < 4.78 is 20.2. The van der Waals surface area contributed by atoms with Gasteiger partial charge in [0.15, 0.2) is 11.1 Å². The van der Waals surface area contributed by atoms with Crippen LogP contribution in [-0.4, -0.2) is 8.76 Å². The molecule has 0 spiro atoms. The summed E-state index contributed by atoms with van der Waals surface area (Å²) in [5.74, 6) is 0. The highest BCUT2D eigenvalue weighted by atomic mass is 32.2. The Labute approximate surface area is 159 Å². The van der Waals surface area contributed by atoms with Crippen molar-refractivity contribution in [1.29, 1.82) is 0 Å². The van der Waals surface area contributed by atoms with Crippen molar-refractivity contribution in [3.05, 3.63) is 64.7 Å². The summed E-state index contributed by atoms with van der Waals surface area (Å²) in [7, 11) is 0. The Balaban J connectivity index is 1.98. The second kappa shape index (κ2) is 6.79. The molecule has 3 rings (SSSR count). The van der Waals surface area contributed by atoms with Gasteiger partial charge in [0, 0.05) is 0 Å². The molecule has 0 bridgehead atoms. The van der Waals surface area contributed by atoms with Gasteiger partial charge in [-0.3, -0.25) is 0 Å². The quantitative estimate of drug-likeness (QED) is 0.519. The van der Waals surface area contributed by atoms with Gasteiger partial charge in [-0.05, 0) is 70.6 Å². The maximum atomic E-state index is 11.1. The van der Waals surface area contributed by atoms with E-state index in [1.54, 1.807) is 12.1 Å². The van der Waals surface area contributed by atoms with E-state index in [1.807, 2.05) is 12.1 Å². The lowest BCUT2D eigenvalue weighted by molar-refractivity contribution is 0.332. The number of benzene rings is 2. The van der Waals surface area contributed by atoms with E-state index >= 15 is 0 Å². The molecule has 1 aliphatic rings. The van der Waals surface area contributed by atoms with Crippen LogP contribution in [0.25, 0.3) is 11.6 Å². The Morgan fingerprint density at radius 2 is 1.54 bits per heavy atom. The molecule has 0 saturated carbocycles. The van der Waals surface area contributed by atoms with Crippen LogP contribution in [0.4, 0.5) is 0 Å².